The molecule has 4 fully saturated rings. The van der Waals surface area contributed by atoms with Crippen molar-refractivity contribution in [2.24, 2.45) is 11.8 Å². The molecule has 2 atom stereocenters. The number of alkyl halides is 2. The maximum absolute atomic E-state index is 13.7. The Morgan fingerprint density at radius 3 is 2.28 bits per heavy atom. The molecular formula is C42H43Cl2F2N3O9. The number of hydrogen-bond acceptors (Lipinski definition) is 9. The Morgan fingerprint density at radius 2 is 1.64 bits per heavy atom. The lowest BCUT2D eigenvalue weighted by molar-refractivity contribution is -0.605. The van der Waals surface area contributed by atoms with Gasteiger partial charge in [0.15, 0.2) is 23.9 Å². The van der Waals surface area contributed by atoms with E-state index in [0.717, 1.165) is 63.3 Å². The summed E-state index contributed by atoms with van der Waals surface area (Å²) in [6.45, 7) is 0.00547. The number of nitrogens with zero attached hydrogens (tertiary/aromatic N) is 3. The van der Waals surface area contributed by atoms with Gasteiger partial charge in [-0.25, -0.2) is 4.79 Å². The Balaban J connectivity index is 0.00000183. The fourth-order valence-corrected chi connectivity index (χ4v) is 7.75. The van der Waals surface area contributed by atoms with Gasteiger partial charge in [-0.05, 0) is 91.6 Å². The number of benzene rings is 3. The van der Waals surface area contributed by atoms with Crippen LogP contribution in [0.15, 0.2) is 85.2 Å². The topological polar surface area (TPSA) is 142 Å². The van der Waals surface area contributed by atoms with Crippen molar-refractivity contribution in [2.45, 2.75) is 63.9 Å². The van der Waals surface area contributed by atoms with E-state index < -0.39 is 24.8 Å². The van der Waals surface area contributed by atoms with E-state index in [4.69, 9.17) is 52.1 Å². The molecule has 3 aromatic carbocycles. The minimum absolute atomic E-state index is 0.0326. The summed E-state index contributed by atoms with van der Waals surface area (Å²) in [6, 6.07) is 21.0. The minimum atomic E-state index is -3.07. The molecule has 4 aromatic rings. The number of carboxylic acid groups (broad SMARTS) is 1. The number of carbonyl (C=O) groups excluding carboxylic acids is 2. The highest BCUT2D eigenvalue weighted by atomic mass is 35.5. The number of aromatic nitrogens is 1. The molecular weight excluding hydrogens is 799 g/mol. The van der Waals surface area contributed by atoms with Gasteiger partial charge in [-0.15, -0.1) is 0 Å². The average Bonchev–Trinajstić information content (AvgIpc) is 4.03. The van der Waals surface area contributed by atoms with Crippen LogP contribution in [0, 0.1) is 17.0 Å². The third kappa shape index (κ3) is 11.7. The monoisotopic (exact) mass is 841 g/mol. The number of ether oxygens (including phenoxy) is 4. The summed E-state index contributed by atoms with van der Waals surface area (Å²) in [5.41, 5.74) is 2.87. The molecule has 0 spiro atoms. The third-order valence-corrected chi connectivity index (χ3v) is 10.9. The first-order chi connectivity index (χ1) is 28.0. The summed E-state index contributed by atoms with van der Waals surface area (Å²) < 4.78 is 49.8. The van der Waals surface area contributed by atoms with E-state index in [1.54, 1.807) is 11.0 Å². The van der Waals surface area contributed by atoms with E-state index in [0.29, 0.717) is 45.6 Å². The Morgan fingerprint density at radius 1 is 0.948 bits per heavy atom. The molecule has 1 saturated carbocycles. The van der Waals surface area contributed by atoms with Crippen LogP contribution in [-0.2, 0) is 38.4 Å². The number of halogens is 4. The number of hydrogen-bond donors (Lipinski definition) is 1. The molecule has 2 bridgehead atoms. The largest absolute Gasteiger partial charge is 0.619 e. The van der Waals surface area contributed by atoms with E-state index >= 15 is 0 Å². The molecule has 4 heterocycles. The van der Waals surface area contributed by atoms with Crippen molar-refractivity contribution in [3.63, 3.8) is 0 Å². The summed E-state index contributed by atoms with van der Waals surface area (Å²) in [5, 5.41) is 19.0. The van der Waals surface area contributed by atoms with Gasteiger partial charge in [0.05, 0.1) is 19.6 Å². The molecule has 3 saturated heterocycles. The molecule has 1 aromatic heterocycles. The number of piperidine rings is 3. The Labute approximate surface area is 344 Å². The zero-order valence-electron chi connectivity index (χ0n) is 31.4. The lowest BCUT2D eigenvalue weighted by atomic mass is 9.86. The van der Waals surface area contributed by atoms with Gasteiger partial charge in [-0.3, -0.25) is 19.4 Å². The van der Waals surface area contributed by atoms with Crippen LogP contribution in [0.5, 0.6) is 11.5 Å². The smallest absolute Gasteiger partial charge is 0.414 e. The van der Waals surface area contributed by atoms with Crippen LogP contribution < -0.4 is 19.1 Å². The van der Waals surface area contributed by atoms with E-state index in [2.05, 4.69) is 4.90 Å². The van der Waals surface area contributed by atoms with Crippen molar-refractivity contribution in [1.29, 1.82) is 0 Å². The van der Waals surface area contributed by atoms with E-state index in [1.807, 2.05) is 48.5 Å². The first kappa shape index (κ1) is 42.4. The number of carbonyl (C=O) groups is 3. The predicted octanol–water partition coefficient (Wildman–Crippen LogP) is 8.02. The highest BCUT2D eigenvalue weighted by Crippen LogP contribution is 2.38. The van der Waals surface area contributed by atoms with E-state index in [-0.39, 0.29) is 53.5 Å². The highest BCUT2D eigenvalue weighted by molar-refractivity contribution is 6.35. The molecule has 0 unspecified atom stereocenters. The average molecular weight is 843 g/mol. The van der Waals surface area contributed by atoms with E-state index in [1.165, 1.54) is 18.2 Å². The maximum Gasteiger partial charge on any atom is 0.414 e. The number of amides is 1. The molecule has 0 radical (unpaired) electrons. The molecule has 8 rings (SSSR count). The Hall–Kier alpha value is -5.18. The van der Waals surface area contributed by atoms with Crippen LogP contribution in [0.4, 0.5) is 19.3 Å². The third-order valence-electron chi connectivity index (χ3n) is 10.3. The van der Waals surface area contributed by atoms with Gasteiger partial charge in [0, 0.05) is 24.2 Å². The predicted molar refractivity (Wildman–Crippen MR) is 210 cm³/mol. The van der Waals surface area contributed by atoms with Crippen molar-refractivity contribution in [1.82, 2.24) is 4.90 Å². The second kappa shape index (κ2) is 20.0. The number of para-hydroxylation sites is 1. The van der Waals surface area contributed by atoms with Gasteiger partial charge in [-0.2, -0.15) is 13.5 Å². The summed E-state index contributed by atoms with van der Waals surface area (Å²) >= 11 is 12.8. The van der Waals surface area contributed by atoms with Crippen molar-refractivity contribution < 1.29 is 51.9 Å². The quantitative estimate of drug-likeness (QED) is 0.0541. The summed E-state index contributed by atoms with van der Waals surface area (Å²) in [6.07, 6.45) is 4.51. The van der Waals surface area contributed by atoms with Crippen LogP contribution in [-0.4, -0.2) is 67.5 Å². The Kier molecular flexibility index (Phi) is 14.6. The van der Waals surface area contributed by atoms with Crippen LogP contribution in [0.1, 0.15) is 54.0 Å². The highest BCUT2D eigenvalue weighted by Gasteiger charge is 2.37. The maximum atomic E-state index is 13.7. The van der Waals surface area contributed by atoms with Crippen molar-refractivity contribution in [2.75, 3.05) is 31.1 Å². The lowest BCUT2D eigenvalue weighted by Gasteiger charge is -2.44. The molecule has 58 heavy (non-hydrogen) atoms. The van der Waals surface area contributed by atoms with Crippen LogP contribution in [0.25, 0.3) is 0 Å². The summed E-state index contributed by atoms with van der Waals surface area (Å²) in [5.74, 6) is 0.00764. The summed E-state index contributed by atoms with van der Waals surface area (Å²) in [4.78, 5) is 39.7. The SMILES string of the molecule is O=C(Cc1cccc(CN(C(=O)O[C@H]2CN3CCC2CC3)c2ccccc2)c1)O[C@@H](Cc1c(Cl)c[n+]([O-])cc1Cl)c1ccc(OC(F)F)c(OCC2CC2)c1.O=CO. The molecule has 1 N–H and O–H groups in total. The van der Waals surface area contributed by atoms with Crippen LogP contribution in [0.2, 0.25) is 10.0 Å². The molecule has 16 heteroatoms. The van der Waals surface area contributed by atoms with Crippen LogP contribution in [0.3, 0.4) is 0 Å². The minimum Gasteiger partial charge on any atom is -0.619 e. The molecule has 1 aliphatic carbocycles. The lowest BCUT2D eigenvalue weighted by Crippen LogP contribution is -2.53. The number of anilines is 1. The van der Waals surface area contributed by atoms with Crippen molar-refractivity contribution in [3.8, 4) is 11.5 Å². The fraction of sp³-hybridized carbons (Fsp3) is 0.381. The van der Waals surface area contributed by atoms with Gasteiger partial charge in [0.1, 0.15) is 22.3 Å². The number of rotatable bonds is 15. The van der Waals surface area contributed by atoms with Crippen molar-refractivity contribution in [3.05, 3.63) is 123 Å². The van der Waals surface area contributed by atoms with Gasteiger partial charge in [-0.1, -0.05) is 71.7 Å². The number of esters is 1. The summed E-state index contributed by atoms with van der Waals surface area (Å²) in [7, 11) is 0. The zero-order chi connectivity index (χ0) is 41.2. The fourth-order valence-electron chi connectivity index (χ4n) is 7.16. The second-order valence-electron chi connectivity index (χ2n) is 14.4. The first-order valence-electron chi connectivity index (χ1n) is 18.9. The zero-order valence-corrected chi connectivity index (χ0v) is 32.9. The molecule has 3 aliphatic heterocycles. The van der Waals surface area contributed by atoms with Gasteiger partial charge >= 0.3 is 18.7 Å². The molecule has 12 nitrogen and oxygen atoms in total. The standard InChI is InChI=1S/C41H41Cl2F2N3O7.CH2O2/c42-33-22-47(51)23-34(43)32(33)20-36(30-11-12-35(54-40(44)45)37(19-30)52-25-26-9-10-26)53-39(49)18-27-5-4-6-28(17-27)21-48(31-7-2-1-3-8-31)41(50)55-38-24-46-15-13-29(38)14-16-46;2-1-3/h1-8,11-12,17,19,22-23,26,29,36,38,40H,9-10,13-16,18,20-21,24-25H2;1H,(H,2,3)/t36-,38-;/m0./s1. The number of fused-ring (bicyclic) bond motifs is 3. The molecule has 308 valence electrons. The van der Waals surface area contributed by atoms with Gasteiger partial charge in [0.25, 0.3) is 6.47 Å². The molecule has 1 amide bonds. The first-order valence-corrected chi connectivity index (χ1v) is 19.6. The van der Waals surface area contributed by atoms with Gasteiger partial charge < -0.3 is 29.3 Å². The van der Waals surface area contributed by atoms with Crippen LogP contribution >= 0.6 is 23.2 Å². The normalized spacial score (nSPS) is 18.7. The Bertz CT molecular complexity index is 2010. The van der Waals surface area contributed by atoms with Gasteiger partial charge in [0.2, 0.25) is 0 Å². The van der Waals surface area contributed by atoms with Crippen molar-refractivity contribution >= 4 is 47.4 Å². The molecule has 4 aliphatic rings. The van der Waals surface area contributed by atoms with E-state index in [9.17, 15) is 23.6 Å². The second-order valence-corrected chi connectivity index (χ2v) is 15.2. The number of pyridine rings is 1.